The summed E-state index contributed by atoms with van der Waals surface area (Å²) in [5.74, 6) is 0.920. The maximum Gasteiger partial charge on any atom is 0.165 e. The van der Waals surface area contributed by atoms with Crippen LogP contribution >= 0.6 is 11.3 Å². The van der Waals surface area contributed by atoms with Crippen LogP contribution in [0.4, 0.5) is 0 Å². The van der Waals surface area contributed by atoms with Gasteiger partial charge >= 0.3 is 0 Å². The summed E-state index contributed by atoms with van der Waals surface area (Å²) in [6.07, 6.45) is 5.06. The Balaban J connectivity index is 2.22. The van der Waals surface area contributed by atoms with Gasteiger partial charge in [0.1, 0.15) is 0 Å². The zero-order chi connectivity index (χ0) is 13.7. The molecule has 0 saturated heterocycles. The molecule has 0 aliphatic carbocycles. The van der Waals surface area contributed by atoms with Gasteiger partial charge in [0, 0.05) is 11.4 Å². The molecule has 0 aliphatic heterocycles. The number of aryl methyl sites for hydroxylation is 2. The van der Waals surface area contributed by atoms with Gasteiger partial charge in [0.25, 0.3) is 0 Å². The number of nitrogens with zero attached hydrogens (tertiary/aromatic N) is 1. The smallest absolute Gasteiger partial charge is 0.165 e. The molecule has 0 bridgehead atoms. The monoisotopic (exact) mass is 278 g/mol. The molecule has 0 saturated carbocycles. The van der Waals surface area contributed by atoms with E-state index in [1.54, 1.807) is 17.6 Å². The Hall–Kier alpha value is -1.13. The standard InChI is InChI=1S/C15H22N2OS/c1-4-6-12-13(10-16-8-5-2)19-15(17-12)14-11(3)7-9-18-14/h7,9,16H,4-6,8,10H2,1-3H3. The van der Waals surface area contributed by atoms with Gasteiger partial charge in [-0.1, -0.05) is 20.3 Å². The second-order valence-corrected chi connectivity index (χ2v) is 5.83. The van der Waals surface area contributed by atoms with Crippen molar-refractivity contribution < 1.29 is 4.42 Å². The van der Waals surface area contributed by atoms with Crippen molar-refractivity contribution in [1.29, 1.82) is 0 Å². The average molecular weight is 278 g/mol. The fourth-order valence-corrected chi connectivity index (χ4v) is 3.15. The predicted molar refractivity (Wildman–Crippen MR) is 80.5 cm³/mol. The zero-order valence-corrected chi connectivity index (χ0v) is 12.8. The lowest BCUT2D eigenvalue weighted by Gasteiger charge is -2.02. The Kier molecular flexibility index (Phi) is 5.16. The van der Waals surface area contributed by atoms with Crippen LogP contribution in [0.1, 0.15) is 42.8 Å². The number of furan rings is 1. The Morgan fingerprint density at radius 1 is 1.32 bits per heavy atom. The molecular weight excluding hydrogens is 256 g/mol. The molecule has 104 valence electrons. The van der Waals surface area contributed by atoms with Gasteiger partial charge in [0.15, 0.2) is 10.8 Å². The maximum atomic E-state index is 5.55. The third-order valence-electron chi connectivity index (χ3n) is 3.03. The first kappa shape index (κ1) is 14.3. The lowest BCUT2D eigenvalue weighted by atomic mass is 10.2. The average Bonchev–Trinajstić information content (AvgIpc) is 2.97. The number of thiazole rings is 1. The molecule has 2 aromatic rings. The molecule has 0 aliphatic rings. The molecule has 0 unspecified atom stereocenters. The third kappa shape index (κ3) is 3.45. The maximum absolute atomic E-state index is 5.55. The fraction of sp³-hybridized carbons (Fsp3) is 0.533. The van der Waals surface area contributed by atoms with Crippen molar-refractivity contribution in [1.82, 2.24) is 10.3 Å². The Morgan fingerprint density at radius 2 is 2.16 bits per heavy atom. The second kappa shape index (κ2) is 6.87. The SMILES string of the molecule is CCCNCc1sc(-c2occc2C)nc1CCC. The van der Waals surface area contributed by atoms with E-state index in [1.165, 1.54) is 10.6 Å². The summed E-state index contributed by atoms with van der Waals surface area (Å²) in [5.41, 5.74) is 2.38. The summed E-state index contributed by atoms with van der Waals surface area (Å²) in [4.78, 5) is 6.11. The minimum Gasteiger partial charge on any atom is -0.462 e. The van der Waals surface area contributed by atoms with Crippen molar-refractivity contribution in [2.45, 2.75) is 46.6 Å². The fourth-order valence-electron chi connectivity index (χ4n) is 2.02. The topological polar surface area (TPSA) is 38.1 Å². The molecule has 2 rings (SSSR count). The normalized spacial score (nSPS) is 11.1. The van der Waals surface area contributed by atoms with Gasteiger partial charge in [-0.3, -0.25) is 0 Å². The van der Waals surface area contributed by atoms with Crippen LogP contribution in [0.25, 0.3) is 10.8 Å². The number of aromatic nitrogens is 1. The lowest BCUT2D eigenvalue weighted by molar-refractivity contribution is 0.580. The van der Waals surface area contributed by atoms with E-state index in [4.69, 9.17) is 9.40 Å². The summed E-state index contributed by atoms with van der Waals surface area (Å²) in [6.45, 7) is 8.42. The van der Waals surface area contributed by atoms with E-state index < -0.39 is 0 Å². The number of nitrogens with one attached hydrogen (secondary N) is 1. The van der Waals surface area contributed by atoms with Crippen LogP contribution in [0.2, 0.25) is 0 Å². The van der Waals surface area contributed by atoms with Crippen molar-refractivity contribution in [3.63, 3.8) is 0 Å². The highest BCUT2D eigenvalue weighted by molar-refractivity contribution is 7.15. The van der Waals surface area contributed by atoms with Gasteiger partial charge in [-0.15, -0.1) is 11.3 Å². The van der Waals surface area contributed by atoms with Crippen LogP contribution in [0.3, 0.4) is 0 Å². The van der Waals surface area contributed by atoms with Crippen LogP contribution in [0, 0.1) is 6.92 Å². The highest BCUT2D eigenvalue weighted by Crippen LogP contribution is 2.31. The first-order valence-corrected chi connectivity index (χ1v) is 7.81. The summed E-state index contributed by atoms with van der Waals surface area (Å²) in [6, 6.07) is 1.99. The highest BCUT2D eigenvalue weighted by atomic mass is 32.1. The molecule has 0 aromatic carbocycles. The van der Waals surface area contributed by atoms with Crippen molar-refractivity contribution in [2.24, 2.45) is 0 Å². The van der Waals surface area contributed by atoms with E-state index >= 15 is 0 Å². The molecule has 0 fully saturated rings. The molecule has 3 nitrogen and oxygen atoms in total. The van der Waals surface area contributed by atoms with E-state index in [0.717, 1.165) is 48.7 Å². The predicted octanol–water partition coefficient (Wildman–Crippen LogP) is 4.16. The molecule has 0 spiro atoms. The Labute approximate surface area is 119 Å². The van der Waals surface area contributed by atoms with E-state index in [1.807, 2.05) is 6.07 Å². The van der Waals surface area contributed by atoms with Crippen molar-refractivity contribution in [3.8, 4) is 10.8 Å². The summed E-state index contributed by atoms with van der Waals surface area (Å²) < 4.78 is 5.55. The summed E-state index contributed by atoms with van der Waals surface area (Å²) >= 11 is 1.75. The lowest BCUT2D eigenvalue weighted by Crippen LogP contribution is -2.13. The van der Waals surface area contributed by atoms with Gasteiger partial charge in [0.05, 0.1) is 12.0 Å². The molecule has 19 heavy (non-hydrogen) atoms. The van der Waals surface area contributed by atoms with Crippen LogP contribution in [0.15, 0.2) is 16.7 Å². The number of hydrogen-bond acceptors (Lipinski definition) is 4. The van der Waals surface area contributed by atoms with E-state index in [0.29, 0.717) is 0 Å². The first-order chi connectivity index (χ1) is 9.26. The first-order valence-electron chi connectivity index (χ1n) is 7.00. The van der Waals surface area contributed by atoms with Gasteiger partial charge in [0.2, 0.25) is 0 Å². The molecular formula is C15H22N2OS. The van der Waals surface area contributed by atoms with Crippen LogP contribution in [-0.4, -0.2) is 11.5 Å². The highest BCUT2D eigenvalue weighted by Gasteiger charge is 2.15. The number of hydrogen-bond donors (Lipinski definition) is 1. The van der Waals surface area contributed by atoms with Gasteiger partial charge in [-0.2, -0.15) is 0 Å². The van der Waals surface area contributed by atoms with Crippen molar-refractivity contribution in [3.05, 3.63) is 28.5 Å². The molecule has 4 heteroatoms. The van der Waals surface area contributed by atoms with Crippen molar-refractivity contribution >= 4 is 11.3 Å². The van der Waals surface area contributed by atoms with Gasteiger partial charge in [-0.25, -0.2) is 4.98 Å². The third-order valence-corrected chi connectivity index (χ3v) is 4.13. The van der Waals surface area contributed by atoms with Gasteiger partial charge < -0.3 is 9.73 Å². The van der Waals surface area contributed by atoms with Crippen LogP contribution in [-0.2, 0) is 13.0 Å². The molecule has 2 aromatic heterocycles. The second-order valence-electron chi connectivity index (χ2n) is 4.75. The Bertz CT molecular complexity index is 516. The van der Waals surface area contributed by atoms with Crippen LogP contribution < -0.4 is 5.32 Å². The largest absolute Gasteiger partial charge is 0.462 e. The molecule has 1 N–H and O–H groups in total. The van der Waals surface area contributed by atoms with Crippen LogP contribution in [0.5, 0.6) is 0 Å². The number of rotatable bonds is 7. The van der Waals surface area contributed by atoms with E-state index in [-0.39, 0.29) is 0 Å². The molecule has 2 heterocycles. The summed E-state index contributed by atoms with van der Waals surface area (Å²) in [7, 11) is 0. The molecule has 0 radical (unpaired) electrons. The molecule has 0 amide bonds. The Morgan fingerprint density at radius 3 is 2.79 bits per heavy atom. The quantitative estimate of drug-likeness (QED) is 0.773. The minimum absolute atomic E-state index is 0.917. The van der Waals surface area contributed by atoms with Crippen molar-refractivity contribution in [2.75, 3.05) is 6.54 Å². The zero-order valence-electron chi connectivity index (χ0n) is 12.0. The van der Waals surface area contributed by atoms with E-state index in [2.05, 4.69) is 26.1 Å². The summed E-state index contributed by atoms with van der Waals surface area (Å²) in [5, 5.41) is 4.48. The van der Waals surface area contributed by atoms with Gasteiger partial charge in [-0.05, 0) is 37.9 Å². The minimum atomic E-state index is 0.917. The van der Waals surface area contributed by atoms with E-state index in [9.17, 15) is 0 Å². The molecule has 0 atom stereocenters.